The summed E-state index contributed by atoms with van der Waals surface area (Å²) in [7, 11) is 0. The molecule has 6 heteroatoms. The van der Waals surface area contributed by atoms with Crippen LogP contribution < -0.4 is 5.56 Å². The fraction of sp³-hybridized carbons (Fsp3) is 0.250. The minimum Gasteiger partial charge on any atom is -0.292 e. The van der Waals surface area contributed by atoms with Gasteiger partial charge in [0, 0.05) is 34.2 Å². The highest BCUT2D eigenvalue weighted by molar-refractivity contribution is 9.09. The van der Waals surface area contributed by atoms with Gasteiger partial charge in [0.15, 0.2) is 5.82 Å². The Morgan fingerprint density at radius 1 is 1.19 bits per heavy atom. The molecule has 0 saturated heterocycles. The minimum absolute atomic E-state index is 0.0206. The maximum absolute atomic E-state index is 13.3. The average molecular weight is 411 g/mol. The van der Waals surface area contributed by atoms with Crippen LogP contribution in [-0.4, -0.2) is 24.7 Å². The Morgan fingerprint density at radius 3 is 2.73 bits per heavy atom. The van der Waals surface area contributed by atoms with Crippen molar-refractivity contribution < 1.29 is 0 Å². The molecule has 3 heterocycles. The summed E-state index contributed by atoms with van der Waals surface area (Å²) in [6.07, 6.45) is 4.44. The summed E-state index contributed by atoms with van der Waals surface area (Å²) in [5.41, 5.74) is 3.09. The van der Waals surface area contributed by atoms with Crippen molar-refractivity contribution in [3.8, 4) is 5.82 Å². The molecule has 3 aromatic heterocycles. The predicted octanol–water partition coefficient (Wildman–Crippen LogP) is 4.00. The van der Waals surface area contributed by atoms with Gasteiger partial charge in [-0.2, -0.15) is 9.78 Å². The molecule has 5 nitrogen and oxygen atoms in total. The van der Waals surface area contributed by atoms with Gasteiger partial charge in [0.05, 0.1) is 6.20 Å². The molecule has 0 aliphatic carbocycles. The number of alkyl halides is 1. The minimum atomic E-state index is 0.0206. The molecule has 0 fully saturated rings. The lowest BCUT2D eigenvalue weighted by molar-refractivity contribution is 0.727. The van der Waals surface area contributed by atoms with Crippen LogP contribution in [0.25, 0.3) is 27.6 Å². The van der Waals surface area contributed by atoms with Gasteiger partial charge in [0.25, 0.3) is 5.56 Å². The molecule has 0 radical (unpaired) electrons. The number of rotatable bonds is 4. The van der Waals surface area contributed by atoms with Crippen LogP contribution in [-0.2, 0) is 13.0 Å². The van der Waals surface area contributed by atoms with Crippen molar-refractivity contribution in [3.05, 3.63) is 64.2 Å². The van der Waals surface area contributed by atoms with E-state index in [4.69, 9.17) is 0 Å². The molecule has 0 saturated carbocycles. The van der Waals surface area contributed by atoms with Gasteiger partial charge in [-0.25, -0.2) is 4.98 Å². The number of hydrogen-bond acceptors (Lipinski definition) is 3. The lowest BCUT2D eigenvalue weighted by Gasteiger charge is -2.14. The van der Waals surface area contributed by atoms with Crippen LogP contribution in [0.3, 0.4) is 0 Å². The van der Waals surface area contributed by atoms with Crippen molar-refractivity contribution in [2.75, 3.05) is 5.33 Å². The van der Waals surface area contributed by atoms with E-state index in [1.54, 1.807) is 15.4 Å². The summed E-state index contributed by atoms with van der Waals surface area (Å²) in [4.78, 5) is 17.7. The zero-order valence-electron chi connectivity index (χ0n) is 14.7. The first-order valence-electron chi connectivity index (χ1n) is 8.66. The largest absolute Gasteiger partial charge is 0.292 e. The van der Waals surface area contributed by atoms with Crippen molar-refractivity contribution in [2.24, 2.45) is 0 Å². The first kappa shape index (κ1) is 17.0. The maximum Gasteiger partial charge on any atom is 0.260 e. The smallest absolute Gasteiger partial charge is 0.260 e. The monoisotopic (exact) mass is 410 g/mol. The third-order valence-corrected chi connectivity index (χ3v) is 5.05. The number of benzene rings is 1. The lowest BCUT2D eigenvalue weighted by Crippen LogP contribution is -2.22. The quantitative estimate of drug-likeness (QED) is 0.477. The normalized spacial score (nSPS) is 11.5. The molecule has 4 aromatic rings. The molecule has 0 aliphatic rings. The van der Waals surface area contributed by atoms with Crippen LogP contribution in [0.15, 0.2) is 47.5 Å². The van der Waals surface area contributed by atoms with Crippen molar-refractivity contribution >= 4 is 37.7 Å². The van der Waals surface area contributed by atoms with Crippen LogP contribution >= 0.6 is 15.9 Å². The number of aryl methyl sites for hydroxylation is 3. The van der Waals surface area contributed by atoms with Crippen LogP contribution in [0.4, 0.5) is 0 Å². The Labute approximate surface area is 159 Å². The number of nitrogens with zero attached hydrogens (tertiary/aromatic N) is 4. The van der Waals surface area contributed by atoms with E-state index in [1.807, 2.05) is 44.3 Å². The van der Waals surface area contributed by atoms with Crippen LogP contribution in [0.5, 0.6) is 0 Å². The zero-order chi connectivity index (χ0) is 18.3. The molecule has 0 bridgehead atoms. The second-order valence-corrected chi connectivity index (χ2v) is 7.11. The van der Waals surface area contributed by atoms with Crippen LogP contribution in [0.1, 0.15) is 18.1 Å². The van der Waals surface area contributed by atoms with Gasteiger partial charge in [-0.3, -0.25) is 9.36 Å². The molecule has 0 amide bonds. The van der Waals surface area contributed by atoms with E-state index < -0.39 is 0 Å². The second kappa shape index (κ2) is 6.68. The van der Waals surface area contributed by atoms with Gasteiger partial charge in [-0.05, 0) is 44.0 Å². The van der Waals surface area contributed by atoms with Gasteiger partial charge in [-0.1, -0.05) is 33.6 Å². The van der Waals surface area contributed by atoms with Gasteiger partial charge in [0.2, 0.25) is 0 Å². The molecule has 4 rings (SSSR count). The van der Waals surface area contributed by atoms with Crippen LogP contribution in [0.2, 0.25) is 0 Å². The first-order valence-corrected chi connectivity index (χ1v) is 9.79. The maximum atomic E-state index is 13.3. The fourth-order valence-electron chi connectivity index (χ4n) is 3.61. The summed E-state index contributed by atoms with van der Waals surface area (Å²) < 4.78 is 3.55. The lowest BCUT2D eigenvalue weighted by atomic mass is 9.98. The topological polar surface area (TPSA) is 52.7 Å². The van der Waals surface area contributed by atoms with E-state index in [0.717, 1.165) is 39.1 Å². The highest BCUT2D eigenvalue weighted by Crippen LogP contribution is 2.29. The van der Waals surface area contributed by atoms with E-state index in [1.165, 1.54) is 5.56 Å². The zero-order valence-corrected chi connectivity index (χ0v) is 16.3. The Kier molecular flexibility index (Phi) is 4.36. The summed E-state index contributed by atoms with van der Waals surface area (Å²) in [5, 5.41) is 8.17. The van der Waals surface area contributed by atoms with Crippen molar-refractivity contribution in [1.29, 1.82) is 0 Å². The predicted molar refractivity (Wildman–Crippen MR) is 109 cm³/mol. The number of fused-ring (bicyclic) bond motifs is 3. The van der Waals surface area contributed by atoms with E-state index in [9.17, 15) is 4.79 Å². The second-order valence-electron chi connectivity index (χ2n) is 6.32. The molecule has 0 aliphatic heterocycles. The van der Waals surface area contributed by atoms with Gasteiger partial charge < -0.3 is 0 Å². The molecule has 0 spiro atoms. The van der Waals surface area contributed by atoms with Gasteiger partial charge >= 0.3 is 0 Å². The Balaban J connectivity index is 2.20. The van der Waals surface area contributed by atoms with Crippen molar-refractivity contribution in [2.45, 2.75) is 26.8 Å². The highest BCUT2D eigenvalue weighted by Gasteiger charge is 2.18. The molecule has 0 atom stereocenters. The van der Waals surface area contributed by atoms with Crippen molar-refractivity contribution in [1.82, 2.24) is 19.3 Å². The number of halogens is 1. The molecule has 0 unspecified atom stereocenters. The SMILES string of the molecule is CCn1c(=O)c2cc(C)cc(CCBr)c2c2cnn(-c3ccccn3)c21. The average Bonchev–Trinajstić information content (AvgIpc) is 3.07. The fourth-order valence-corrected chi connectivity index (χ4v) is 4.03. The molecule has 1 aromatic carbocycles. The Morgan fingerprint density at radius 2 is 2.04 bits per heavy atom. The molecule has 0 N–H and O–H groups in total. The molecular formula is C20H19BrN4O. The van der Waals surface area contributed by atoms with E-state index in [0.29, 0.717) is 12.4 Å². The van der Waals surface area contributed by atoms with E-state index in [-0.39, 0.29) is 5.56 Å². The third kappa shape index (κ3) is 2.56. The molecule has 26 heavy (non-hydrogen) atoms. The summed E-state index contributed by atoms with van der Waals surface area (Å²) in [6.45, 7) is 4.59. The number of hydrogen-bond donors (Lipinski definition) is 0. The number of pyridine rings is 2. The molecular weight excluding hydrogens is 392 g/mol. The molecule has 132 valence electrons. The van der Waals surface area contributed by atoms with Gasteiger partial charge in [0.1, 0.15) is 5.65 Å². The highest BCUT2D eigenvalue weighted by atomic mass is 79.9. The standard InChI is InChI=1S/C20H19BrN4O/c1-3-24-19-16(12-23-25(19)17-6-4-5-9-22-17)18-14(7-8-21)10-13(2)11-15(18)20(24)26/h4-6,9-12H,3,7-8H2,1-2H3. The number of aromatic nitrogens is 4. The van der Waals surface area contributed by atoms with E-state index >= 15 is 0 Å². The Bertz CT molecular complexity index is 1160. The van der Waals surface area contributed by atoms with Crippen LogP contribution in [0, 0.1) is 6.92 Å². The first-order chi connectivity index (χ1) is 12.7. The summed E-state index contributed by atoms with van der Waals surface area (Å²) in [6, 6.07) is 9.84. The Hall–Kier alpha value is -2.47. The van der Waals surface area contributed by atoms with Gasteiger partial charge in [-0.15, -0.1) is 0 Å². The van der Waals surface area contributed by atoms with Crippen molar-refractivity contribution in [3.63, 3.8) is 0 Å². The summed E-state index contributed by atoms with van der Waals surface area (Å²) >= 11 is 3.53. The summed E-state index contributed by atoms with van der Waals surface area (Å²) in [5.74, 6) is 0.706. The van der Waals surface area contributed by atoms with E-state index in [2.05, 4.69) is 32.1 Å². The third-order valence-electron chi connectivity index (χ3n) is 4.66.